The van der Waals surface area contributed by atoms with Crippen LogP contribution in [0.25, 0.3) is 22.0 Å². The number of hydrogen-bond donors (Lipinski definition) is 1. The molecule has 228 valence electrons. The topological polar surface area (TPSA) is 65.1 Å². The van der Waals surface area contributed by atoms with Crippen molar-refractivity contribution in [2.24, 2.45) is 5.73 Å². The minimum atomic E-state index is -4.75. The summed E-state index contributed by atoms with van der Waals surface area (Å²) >= 11 is 0. The minimum absolute atomic E-state index is 0.0995. The number of ether oxygens (including phenoxy) is 3. The summed E-state index contributed by atoms with van der Waals surface area (Å²) in [5.74, 6) is 1.37. The molecule has 2 aliphatic heterocycles. The second kappa shape index (κ2) is 12.5. The van der Waals surface area contributed by atoms with Crippen molar-refractivity contribution < 1.29 is 27.4 Å². The molecule has 0 spiro atoms. The van der Waals surface area contributed by atoms with Gasteiger partial charge in [-0.05, 0) is 65.1 Å². The van der Waals surface area contributed by atoms with Gasteiger partial charge >= 0.3 is 6.36 Å². The molecule has 1 aromatic heterocycles. The van der Waals surface area contributed by atoms with Crippen molar-refractivity contribution in [2.45, 2.75) is 52.3 Å². The molecule has 1 fully saturated rings. The Morgan fingerprint density at radius 2 is 1.53 bits per heavy atom. The number of aryl methyl sites for hydroxylation is 1. The standard InChI is InChI=1S/C33H37F3N4O3/c1-2-3-10-40-21-29(27-7-6-26(17-25(27)18-37)43-33(34,35)36)28-15-23(4-8-30(28)40)19-38-11-13-39(14-12-38)20-24-5-9-31-32(16-24)42-22-41-31/h4-9,15-17,21H,2-3,10-14,18-20,22,37H2,1H3. The van der Waals surface area contributed by atoms with Crippen molar-refractivity contribution in [2.75, 3.05) is 33.0 Å². The number of nitrogens with two attached hydrogens (primary N) is 1. The van der Waals surface area contributed by atoms with Gasteiger partial charge in [-0.15, -0.1) is 13.2 Å². The van der Waals surface area contributed by atoms with E-state index in [9.17, 15) is 13.2 Å². The quantitative estimate of drug-likeness (QED) is 0.226. The lowest BCUT2D eigenvalue weighted by Crippen LogP contribution is -2.45. The van der Waals surface area contributed by atoms with Crippen molar-refractivity contribution >= 4 is 10.9 Å². The fourth-order valence-corrected chi connectivity index (χ4v) is 6.03. The third-order valence-corrected chi connectivity index (χ3v) is 8.23. The zero-order valence-corrected chi connectivity index (χ0v) is 24.3. The van der Waals surface area contributed by atoms with Crippen LogP contribution in [0.4, 0.5) is 13.2 Å². The van der Waals surface area contributed by atoms with Crippen LogP contribution in [0, 0.1) is 0 Å². The Bertz CT molecular complexity index is 1580. The van der Waals surface area contributed by atoms with E-state index >= 15 is 0 Å². The Morgan fingerprint density at radius 1 is 0.837 bits per heavy atom. The van der Waals surface area contributed by atoms with Crippen LogP contribution in [0.2, 0.25) is 0 Å². The van der Waals surface area contributed by atoms with Gasteiger partial charge in [0.05, 0.1) is 0 Å². The third kappa shape index (κ3) is 6.76. The first-order chi connectivity index (χ1) is 20.8. The van der Waals surface area contributed by atoms with Crippen molar-refractivity contribution in [3.05, 3.63) is 77.5 Å². The predicted molar refractivity (Wildman–Crippen MR) is 160 cm³/mol. The number of benzene rings is 3. The monoisotopic (exact) mass is 594 g/mol. The van der Waals surface area contributed by atoms with E-state index in [0.717, 1.165) is 92.2 Å². The van der Waals surface area contributed by atoms with Crippen molar-refractivity contribution in [3.63, 3.8) is 0 Å². The number of alkyl halides is 3. The van der Waals surface area contributed by atoms with E-state index in [0.29, 0.717) is 5.56 Å². The molecule has 2 N–H and O–H groups in total. The van der Waals surface area contributed by atoms with E-state index in [1.54, 1.807) is 6.07 Å². The maximum absolute atomic E-state index is 12.9. The maximum Gasteiger partial charge on any atom is 0.573 e. The highest BCUT2D eigenvalue weighted by atomic mass is 19.4. The van der Waals surface area contributed by atoms with Crippen molar-refractivity contribution in [1.82, 2.24) is 14.4 Å². The van der Waals surface area contributed by atoms with Crippen LogP contribution in [-0.4, -0.2) is 53.7 Å². The molecule has 10 heteroatoms. The van der Waals surface area contributed by atoms with Crippen LogP contribution in [0.3, 0.4) is 0 Å². The van der Waals surface area contributed by atoms with Gasteiger partial charge in [-0.1, -0.05) is 31.5 Å². The molecule has 3 heterocycles. The van der Waals surface area contributed by atoms with Gasteiger partial charge in [-0.2, -0.15) is 0 Å². The average molecular weight is 595 g/mol. The molecule has 0 saturated carbocycles. The third-order valence-electron chi connectivity index (χ3n) is 8.23. The number of aromatic nitrogens is 1. The highest BCUT2D eigenvalue weighted by Gasteiger charge is 2.31. The van der Waals surface area contributed by atoms with Gasteiger partial charge in [-0.3, -0.25) is 9.80 Å². The molecule has 4 aromatic rings. The summed E-state index contributed by atoms with van der Waals surface area (Å²) in [5.41, 5.74) is 12.0. The lowest BCUT2D eigenvalue weighted by molar-refractivity contribution is -0.274. The van der Waals surface area contributed by atoms with Crippen LogP contribution in [0.15, 0.2) is 60.8 Å². The van der Waals surface area contributed by atoms with E-state index in [2.05, 4.69) is 62.6 Å². The van der Waals surface area contributed by atoms with E-state index in [1.165, 1.54) is 23.3 Å². The van der Waals surface area contributed by atoms with Crippen LogP contribution in [0.5, 0.6) is 17.2 Å². The molecule has 0 bridgehead atoms. The van der Waals surface area contributed by atoms with E-state index in [-0.39, 0.29) is 19.1 Å². The number of unbranched alkanes of at least 4 members (excludes halogenated alkanes) is 1. The number of piperazine rings is 1. The number of halogens is 3. The zero-order chi connectivity index (χ0) is 30.0. The first kappa shape index (κ1) is 29.3. The lowest BCUT2D eigenvalue weighted by atomic mass is 9.98. The Morgan fingerprint density at radius 3 is 2.23 bits per heavy atom. The second-order valence-corrected chi connectivity index (χ2v) is 11.3. The fourth-order valence-electron chi connectivity index (χ4n) is 6.03. The van der Waals surface area contributed by atoms with Crippen LogP contribution < -0.4 is 19.9 Å². The second-order valence-electron chi connectivity index (χ2n) is 11.3. The normalized spacial score (nSPS) is 15.8. The molecule has 0 unspecified atom stereocenters. The fraction of sp³-hybridized carbons (Fsp3) is 0.394. The van der Waals surface area contributed by atoms with Gasteiger partial charge in [0.15, 0.2) is 11.5 Å². The van der Waals surface area contributed by atoms with Gasteiger partial charge in [-0.25, -0.2) is 0 Å². The Balaban J connectivity index is 1.19. The number of rotatable bonds is 10. The molecule has 0 aliphatic carbocycles. The molecule has 0 atom stereocenters. The zero-order valence-electron chi connectivity index (χ0n) is 24.3. The van der Waals surface area contributed by atoms with Crippen LogP contribution in [-0.2, 0) is 26.2 Å². The molecule has 3 aromatic carbocycles. The highest BCUT2D eigenvalue weighted by Crippen LogP contribution is 2.37. The van der Waals surface area contributed by atoms with Crippen LogP contribution in [0.1, 0.15) is 36.5 Å². The van der Waals surface area contributed by atoms with Gasteiger partial charge in [0.2, 0.25) is 6.79 Å². The number of fused-ring (bicyclic) bond motifs is 2. The Kier molecular flexibility index (Phi) is 8.52. The molecule has 2 aliphatic rings. The SMILES string of the molecule is CCCCn1cc(-c2ccc(OC(F)(F)F)cc2CN)c2cc(CN3CCN(Cc4ccc5c(c4)OCO5)CC3)ccc21. The molecule has 1 saturated heterocycles. The summed E-state index contributed by atoms with van der Waals surface area (Å²) in [7, 11) is 0. The largest absolute Gasteiger partial charge is 0.573 e. The van der Waals surface area contributed by atoms with Gasteiger partial charge in [0.25, 0.3) is 0 Å². The summed E-state index contributed by atoms with van der Waals surface area (Å²) in [5, 5.41) is 1.08. The van der Waals surface area contributed by atoms with E-state index in [1.807, 2.05) is 6.07 Å². The average Bonchev–Trinajstić information content (AvgIpc) is 3.60. The molecule has 0 radical (unpaired) electrons. The summed E-state index contributed by atoms with van der Waals surface area (Å²) in [4.78, 5) is 4.93. The van der Waals surface area contributed by atoms with Gasteiger partial charge < -0.3 is 24.5 Å². The molecule has 6 rings (SSSR count). The molecular weight excluding hydrogens is 557 g/mol. The van der Waals surface area contributed by atoms with Gasteiger partial charge in [0, 0.05) is 75.0 Å². The summed E-state index contributed by atoms with van der Waals surface area (Å²) in [6.07, 6.45) is -0.553. The first-order valence-corrected chi connectivity index (χ1v) is 14.8. The van der Waals surface area contributed by atoms with E-state index in [4.69, 9.17) is 15.2 Å². The summed E-state index contributed by atoms with van der Waals surface area (Å²) < 4.78 is 55.9. The Labute approximate surface area is 249 Å². The van der Waals surface area contributed by atoms with Gasteiger partial charge in [0.1, 0.15) is 5.75 Å². The van der Waals surface area contributed by atoms with Crippen molar-refractivity contribution in [3.8, 4) is 28.4 Å². The highest BCUT2D eigenvalue weighted by molar-refractivity contribution is 5.97. The molecule has 7 nitrogen and oxygen atoms in total. The molecule has 43 heavy (non-hydrogen) atoms. The number of hydrogen-bond acceptors (Lipinski definition) is 6. The summed E-state index contributed by atoms with van der Waals surface area (Å²) in [6.45, 7) is 8.99. The summed E-state index contributed by atoms with van der Waals surface area (Å²) in [6, 6.07) is 17.2. The van der Waals surface area contributed by atoms with E-state index < -0.39 is 6.36 Å². The Hall–Kier alpha value is -3.73. The number of nitrogens with zero attached hydrogens (tertiary/aromatic N) is 3. The smallest absolute Gasteiger partial charge is 0.454 e. The molecule has 0 amide bonds. The van der Waals surface area contributed by atoms with Crippen LogP contribution >= 0.6 is 0 Å². The molecular formula is C33H37F3N4O3. The first-order valence-electron chi connectivity index (χ1n) is 14.8. The predicted octanol–water partition coefficient (Wildman–Crippen LogP) is 6.51. The maximum atomic E-state index is 12.9. The lowest BCUT2D eigenvalue weighted by Gasteiger charge is -2.34. The minimum Gasteiger partial charge on any atom is -0.454 e. The van der Waals surface area contributed by atoms with Crippen molar-refractivity contribution in [1.29, 1.82) is 0 Å².